The zero-order valence-electron chi connectivity index (χ0n) is 11.9. The molecule has 1 saturated heterocycles. The molecule has 2 rings (SSSR count). The van der Waals surface area contributed by atoms with Gasteiger partial charge in [0.25, 0.3) is 0 Å². The van der Waals surface area contributed by atoms with E-state index < -0.39 is 0 Å². The molecule has 5 heteroatoms. The summed E-state index contributed by atoms with van der Waals surface area (Å²) in [4.78, 5) is 15.9. The fourth-order valence-electron chi connectivity index (χ4n) is 2.56. The second-order valence-electron chi connectivity index (χ2n) is 5.19. The SMILES string of the molecule is NNC(=O)CCCCN1CCN(c2ccccc2)CC1. The summed E-state index contributed by atoms with van der Waals surface area (Å²) in [6, 6.07) is 10.6. The van der Waals surface area contributed by atoms with E-state index in [-0.39, 0.29) is 5.91 Å². The van der Waals surface area contributed by atoms with E-state index in [0.29, 0.717) is 6.42 Å². The highest BCUT2D eigenvalue weighted by atomic mass is 16.2. The molecular weight excluding hydrogens is 252 g/mol. The Balaban J connectivity index is 1.63. The third-order valence-corrected chi connectivity index (χ3v) is 3.78. The summed E-state index contributed by atoms with van der Waals surface area (Å²) in [5.74, 6) is 4.98. The first kappa shape index (κ1) is 14.8. The van der Waals surface area contributed by atoms with Crippen LogP contribution >= 0.6 is 0 Å². The average molecular weight is 276 g/mol. The molecule has 110 valence electrons. The first-order valence-corrected chi connectivity index (χ1v) is 7.31. The number of nitrogens with one attached hydrogen (secondary N) is 1. The minimum Gasteiger partial charge on any atom is -0.369 e. The van der Waals surface area contributed by atoms with Crippen LogP contribution in [0.1, 0.15) is 19.3 Å². The summed E-state index contributed by atoms with van der Waals surface area (Å²) in [6.07, 6.45) is 2.49. The number of amides is 1. The Bertz CT molecular complexity index is 402. The molecule has 0 spiro atoms. The molecule has 0 saturated carbocycles. The van der Waals surface area contributed by atoms with Crippen LogP contribution in [0.25, 0.3) is 0 Å². The van der Waals surface area contributed by atoms with Crippen LogP contribution in [0.2, 0.25) is 0 Å². The highest BCUT2D eigenvalue weighted by molar-refractivity contribution is 5.75. The molecular formula is C15H24N4O. The fourth-order valence-corrected chi connectivity index (χ4v) is 2.56. The molecule has 1 amide bonds. The summed E-state index contributed by atoms with van der Waals surface area (Å²) in [7, 11) is 0. The first-order chi connectivity index (χ1) is 9.79. The van der Waals surface area contributed by atoms with Gasteiger partial charge in [0.1, 0.15) is 0 Å². The number of para-hydroxylation sites is 1. The number of benzene rings is 1. The lowest BCUT2D eigenvalue weighted by atomic mass is 10.2. The van der Waals surface area contributed by atoms with Crippen LogP contribution in [-0.2, 0) is 4.79 Å². The maximum Gasteiger partial charge on any atom is 0.233 e. The Morgan fingerprint density at radius 1 is 1.10 bits per heavy atom. The van der Waals surface area contributed by atoms with Crippen LogP contribution in [0.4, 0.5) is 5.69 Å². The average Bonchev–Trinajstić information content (AvgIpc) is 2.52. The molecule has 20 heavy (non-hydrogen) atoms. The van der Waals surface area contributed by atoms with Crippen LogP contribution in [0.5, 0.6) is 0 Å². The van der Waals surface area contributed by atoms with Crippen molar-refractivity contribution < 1.29 is 4.79 Å². The molecule has 1 aliphatic rings. The molecule has 1 fully saturated rings. The van der Waals surface area contributed by atoms with Crippen molar-refractivity contribution in [3.63, 3.8) is 0 Å². The van der Waals surface area contributed by atoms with Gasteiger partial charge < -0.3 is 4.90 Å². The second-order valence-corrected chi connectivity index (χ2v) is 5.19. The molecule has 0 aromatic heterocycles. The number of unbranched alkanes of at least 4 members (excludes halogenated alkanes) is 1. The van der Waals surface area contributed by atoms with E-state index in [0.717, 1.165) is 45.6 Å². The van der Waals surface area contributed by atoms with Crippen molar-refractivity contribution in [3.05, 3.63) is 30.3 Å². The number of hydrogen-bond acceptors (Lipinski definition) is 4. The third-order valence-electron chi connectivity index (χ3n) is 3.78. The van der Waals surface area contributed by atoms with Crippen LogP contribution in [0.3, 0.4) is 0 Å². The molecule has 1 heterocycles. The maximum atomic E-state index is 11.0. The molecule has 0 bridgehead atoms. The van der Waals surface area contributed by atoms with E-state index in [1.165, 1.54) is 5.69 Å². The van der Waals surface area contributed by atoms with E-state index in [1.54, 1.807) is 0 Å². The predicted octanol–water partition coefficient (Wildman–Crippen LogP) is 0.969. The van der Waals surface area contributed by atoms with Gasteiger partial charge in [-0.15, -0.1) is 0 Å². The number of piperazine rings is 1. The third kappa shape index (κ3) is 4.51. The molecule has 5 nitrogen and oxygen atoms in total. The minimum absolute atomic E-state index is 0.0705. The first-order valence-electron chi connectivity index (χ1n) is 7.31. The number of nitrogens with zero attached hydrogens (tertiary/aromatic N) is 2. The number of hydrazine groups is 1. The second kappa shape index (κ2) is 7.87. The summed E-state index contributed by atoms with van der Waals surface area (Å²) in [6.45, 7) is 5.41. The van der Waals surface area contributed by atoms with Crippen molar-refractivity contribution in [2.24, 2.45) is 5.84 Å². The van der Waals surface area contributed by atoms with Gasteiger partial charge in [-0.1, -0.05) is 18.2 Å². The van der Waals surface area contributed by atoms with Gasteiger partial charge in [0.05, 0.1) is 0 Å². The lowest BCUT2D eigenvalue weighted by Gasteiger charge is -2.36. The van der Waals surface area contributed by atoms with Gasteiger partial charge in [-0.2, -0.15) is 0 Å². The van der Waals surface area contributed by atoms with Gasteiger partial charge in [0.15, 0.2) is 0 Å². The number of anilines is 1. The molecule has 0 aliphatic carbocycles. The van der Waals surface area contributed by atoms with Crippen molar-refractivity contribution in [3.8, 4) is 0 Å². The van der Waals surface area contributed by atoms with Gasteiger partial charge in [-0.05, 0) is 31.5 Å². The van der Waals surface area contributed by atoms with Crippen molar-refractivity contribution >= 4 is 11.6 Å². The molecule has 0 atom stereocenters. The van der Waals surface area contributed by atoms with Crippen LogP contribution in [0.15, 0.2) is 30.3 Å². The molecule has 1 aliphatic heterocycles. The highest BCUT2D eigenvalue weighted by Crippen LogP contribution is 2.15. The molecule has 1 aromatic rings. The van der Waals surface area contributed by atoms with Gasteiger partial charge in [-0.3, -0.25) is 15.1 Å². The fraction of sp³-hybridized carbons (Fsp3) is 0.533. The van der Waals surface area contributed by atoms with Crippen molar-refractivity contribution in [2.75, 3.05) is 37.6 Å². The van der Waals surface area contributed by atoms with Crippen LogP contribution in [-0.4, -0.2) is 43.5 Å². The quantitative estimate of drug-likeness (QED) is 0.352. The summed E-state index contributed by atoms with van der Waals surface area (Å²) >= 11 is 0. The van der Waals surface area contributed by atoms with Gasteiger partial charge >= 0.3 is 0 Å². The van der Waals surface area contributed by atoms with Crippen molar-refractivity contribution in [1.82, 2.24) is 10.3 Å². The summed E-state index contributed by atoms with van der Waals surface area (Å²) in [5, 5.41) is 0. The predicted molar refractivity (Wildman–Crippen MR) is 81.3 cm³/mol. The van der Waals surface area contributed by atoms with Crippen molar-refractivity contribution in [1.29, 1.82) is 0 Å². The lowest BCUT2D eigenvalue weighted by Crippen LogP contribution is -2.46. The van der Waals surface area contributed by atoms with Crippen LogP contribution < -0.4 is 16.2 Å². The highest BCUT2D eigenvalue weighted by Gasteiger charge is 2.16. The maximum absolute atomic E-state index is 11.0. The number of nitrogens with two attached hydrogens (primary N) is 1. The largest absolute Gasteiger partial charge is 0.369 e. The molecule has 1 aromatic carbocycles. The Morgan fingerprint density at radius 2 is 1.80 bits per heavy atom. The zero-order chi connectivity index (χ0) is 14.2. The van der Waals surface area contributed by atoms with E-state index in [9.17, 15) is 4.79 Å². The number of carbonyl (C=O) groups is 1. The zero-order valence-corrected chi connectivity index (χ0v) is 11.9. The van der Waals surface area contributed by atoms with Gasteiger partial charge in [-0.25, -0.2) is 5.84 Å². The molecule has 0 radical (unpaired) electrons. The Morgan fingerprint density at radius 3 is 2.45 bits per heavy atom. The van der Waals surface area contributed by atoms with E-state index >= 15 is 0 Å². The smallest absolute Gasteiger partial charge is 0.233 e. The standard InChI is InChI=1S/C15H24N4O/c16-17-15(20)8-4-5-9-18-10-12-19(13-11-18)14-6-2-1-3-7-14/h1-3,6-7H,4-5,8-13,16H2,(H,17,20). The summed E-state index contributed by atoms with van der Waals surface area (Å²) in [5.41, 5.74) is 3.48. The Labute approximate surface area is 120 Å². The number of rotatable bonds is 6. The lowest BCUT2D eigenvalue weighted by molar-refractivity contribution is -0.121. The summed E-state index contributed by atoms with van der Waals surface area (Å²) < 4.78 is 0. The monoisotopic (exact) mass is 276 g/mol. The Kier molecular flexibility index (Phi) is 5.83. The minimum atomic E-state index is -0.0705. The van der Waals surface area contributed by atoms with E-state index in [4.69, 9.17) is 5.84 Å². The molecule has 3 N–H and O–H groups in total. The van der Waals surface area contributed by atoms with Crippen molar-refractivity contribution in [2.45, 2.75) is 19.3 Å². The Hall–Kier alpha value is -1.59. The number of hydrogen-bond donors (Lipinski definition) is 2. The topological polar surface area (TPSA) is 61.6 Å². The van der Waals surface area contributed by atoms with Gasteiger partial charge in [0, 0.05) is 38.3 Å². The molecule has 0 unspecified atom stereocenters. The van der Waals surface area contributed by atoms with E-state index in [1.807, 2.05) is 0 Å². The van der Waals surface area contributed by atoms with Crippen LogP contribution in [0, 0.1) is 0 Å². The van der Waals surface area contributed by atoms with Gasteiger partial charge in [0.2, 0.25) is 5.91 Å². The van der Waals surface area contributed by atoms with E-state index in [2.05, 4.69) is 45.6 Å². The normalized spacial score (nSPS) is 16.1. The number of carbonyl (C=O) groups excluding carboxylic acids is 1.